The van der Waals surface area contributed by atoms with Crippen molar-refractivity contribution < 1.29 is 0 Å². The van der Waals surface area contributed by atoms with Crippen LogP contribution in [0.2, 0.25) is 4.34 Å². The number of nitrogens with zero attached hydrogens (tertiary/aromatic N) is 4. The Labute approximate surface area is 125 Å². The number of nitrogens with one attached hydrogen (secondary N) is 1. The third-order valence-corrected chi connectivity index (χ3v) is 4.77. The number of halogens is 1. The molecule has 0 saturated carbocycles. The second-order valence-corrected chi connectivity index (χ2v) is 7.03. The fraction of sp³-hybridized carbons (Fsp3) is 0.545. The van der Waals surface area contributed by atoms with Crippen molar-refractivity contribution >= 4 is 34.7 Å². The number of hydrogen-bond donors (Lipinski definition) is 1. The molecule has 19 heavy (non-hydrogen) atoms. The van der Waals surface area contributed by atoms with Gasteiger partial charge in [-0.3, -0.25) is 0 Å². The Kier molecular flexibility index (Phi) is 5.62. The molecule has 2 aromatic heterocycles. The van der Waals surface area contributed by atoms with E-state index in [0.29, 0.717) is 6.04 Å². The molecule has 0 atom stereocenters. The van der Waals surface area contributed by atoms with Crippen molar-refractivity contribution in [1.29, 1.82) is 0 Å². The van der Waals surface area contributed by atoms with Crippen LogP contribution in [-0.4, -0.2) is 32.8 Å². The van der Waals surface area contributed by atoms with Gasteiger partial charge in [-0.2, -0.15) is 0 Å². The van der Waals surface area contributed by atoms with Gasteiger partial charge < -0.3 is 5.32 Å². The predicted octanol–water partition coefficient (Wildman–Crippen LogP) is 2.68. The summed E-state index contributed by atoms with van der Waals surface area (Å²) in [5.41, 5.74) is 0. The van der Waals surface area contributed by atoms with Gasteiger partial charge in [-0.25, -0.2) is 4.68 Å². The number of thiophene rings is 1. The summed E-state index contributed by atoms with van der Waals surface area (Å²) in [5.74, 6) is 0.843. The summed E-state index contributed by atoms with van der Waals surface area (Å²) in [6.45, 7) is 5.88. The largest absolute Gasteiger partial charge is 0.313 e. The summed E-state index contributed by atoms with van der Waals surface area (Å²) >= 11 is 9.13. The van der Waals surface area contributed by atoms with Gasteiger partial charge in [0.2, 0.25) is 5.16 Å². The van der Waals surface area contributed by atoms with E-state index in [1.54, 1.807) is 23.1 Å². The highest BCUT2D eigenvalue weighted by Crippen LogP contribution is 2.27. The summed E-state index contributed by atoms with van der Waals surface area (Å²) < 4.78 is 2.64. The summed E-state index contributed by atoms with van der Waals surface area (Å²) in [7, 11) is 0. The van der Waals surface area contributed by atoms with Gasteiger partial charge in [0.1, 0.15) is 0 Å². The Balaban J connectivity index is 1.85. The molecule has 0 spiro atoms. The molecule has 2 heterocycles. The molecule has 0 saturated heterocycles. The molecular weight excluding hydrogens is 302 g/mol. The Bertz CT molecular complexity index is 511. The van der Waals surface area contributed by atoms with E-state index in [1.807, 2.05) is 16.8 Å². The Hall–Kier alpha value is -0.630. The third kappa shape index (κ3) is 4.76. The zero-order chi connectivity index (χ0) is 13.7. The minimum absolute atomic E-state index is 0.473. The lowest BCUT2D eigenvalue weighted by molar-refractivity contribution is 0.485. The molecular formula is C11H16ClN5S2. The fourth-order valence-electron chi connectivity index (χ4n) is 1.46. The molecule has 0 bridgehead atoms. The van der Waals surface area contributed by atoms with Crippen molar-refractivity contribution in [3.05, 3.63) is 21.3 Å². The topological polar surface area (TPSA) is 55.6 Å². The molecule has 0 aliphatic carbocycles. The molecule has 0 fully saturated rings. The van der Waals surface area contributed by atoms with Crippen LogP contribution in [0, 0.1) is 0 Å². The first-order valence-corrected chi connectivity index (χ1v) is 8.19. The lowest BCUT2D eigenvalue weighted by Crippen LogP contribution is -2.27. The van der Waals surface area contributed by atoms with E-state index >= 15 is 0 Å². The van der Waals surface area contributed by atoms with E-state index in [1.165, 1.54) is 4.88 Å². The zero-order valence-electron chi connectivity index (χ0n) is 10.8. The molecule has 0 aromatic carbocycles. The van der Waals surface area contributed by atoms with Gasteiger partial charge in [-0.1, -0.05) is 37.2 Å². The van der Waals surface area contributed by atoms with E-state index in [2.05, 4.69) is 34.7 Å². The SMILES string of the molecule is CC(C)NCCn1nnnc1SCc1ccc(Cl)s1. The molecule has 0 radical (unpaired) electrons. The fourth-order valence-corrected chi connectivity index (χ4v) is 3.50. The molecule has 2 rings (SSSR count). The highest BCUT2D eigenvalue weighted by molar-refractivity contribution is 7.98. The van der Waals surface area contributed by atoms with Gasteiger partial charge in [-0.15, -0.1) is 16.4 Å². The maximum absolute atomic E-state index is 5.91. The van der Waals surface area contributed by atoms with Crippen LogP contribution in [0.5, 0.6) is 0 Å². The van der Waals surface area contributed by atoms with E-state index in [9.17, 15) is 0 Å². The average molecular weight is 318 g/mol. The monoisotopic (exact) mass is 317 g/mol. The molecule has 0 aliphatic heterocycles. The maximum atomic E-state index is 5.91. The van der Waals surface area contributed by atoms with Crippen LogP contribution >= 0.6 is 34.7 Å². The van der Waals surface area contributed by atoms with Crippen molar-refractivity contribution in [2.75, 3.05) is 6.54 Å². The lowest BCUT2D eigenvalue weighted by atomic mass is 10.4. The van der Waals surface area contributed by atoms with Crippen LogP contribution in [0.3, 0.4) is 0 Å². The number of rotatable bonds is 7. The summed E-state index contributed by atoms with van der Waals surface area (Å²) in [6, 6.07) is 4.42. The molecule has 104 valence electrons. The number of tetrazole rings is 1. The molecule has 0 amide bonds. The van der Waals surface area contributed by atoms with E-state index < -0.39 is 0 Å². The third-order valence-electron chi connectivity index (χ3n) is 2.35. The van der Waals surface area contributed by atoms with Crippen molar-refractivity contribution in [1.82, 2.24) is 25.5 Å². The van der Waals surface area contributed by atoms with Gasteiger partial charge in [0, 0.05) is 23.2 Å². The lowest BCUT2D eigenvalue weighted by Gasteiger charge is -2.08. The van der Waals surface area contributed by atoms with Gasteiger partial charge in [-0.05, 0) is 22.6 Å². The molecule has 0 unspecified atom stereocenters. The van der Waals surface area contributed by atoms with Crippen LogP contribution in [0.15, 0.2) is 17.3 Å². The summed E-state index contributed by atoms with van der Waals surface area (Å²) in [4.78, 5) is 1.23. The number of aromatic nitrogens is 4. The highest BCUT2D eigenvalue weighted by atomic mass is 35.5. The first-order valence-electron chi connectivity index (χ1n) is 6.01. The Morgan fingerprint density at radius 2 is 2.32 bits per heavy atom. The second-order valence-electron chi connectivity index (χ2n) is 4.29. The molecule has 2 aromatic rings. The maximum Gasteiger partial charge on any atom is 0.209 e. The zero-order valence-corrected chi connectivity index (χ0v) is 13.2. The second kappa shape index (κ2) is 7.23. The molecule has 1 N–H and O–H groups in total. The van der Waals surface area contributed by atoms with E-state index in [4.69, 9.17) is 11.6 Å². The summed E-state index contributed by atoms with van der Waals surface area (Å²) in [5, 5.41) is 16.0. The van der Waals surface area contributed by atoms with Gasteiger partial charge in [0.25, 0.3) is 0 Å². The Morgan fingerprint density at radius 3 is 3.00 bits per heavy atom. The number of hydrogen-bond acceptors (Lipinski definition) is 6. The van der Waals surface area contributed by atoms with Crippen LogP contribution in [0.1, 0.15) is 18.7 Å². The normalized spacial score (nSPS) is 11.4. The van der Waals surface area contributed by atoms with Gasteiger partial charge in [0.05, 0.1) is 10.9 Å². The quantitative estimate of drug-likeness (QED) is 0.796. The standard InChI is InChI=1S/C11H16ClN5S2/c1-8(2)13-5-6-17-11(14-15-16-17)18-7-9-3-4-10(12)19-9/h3-4,8,13H,5-7H2,1-2H3. The molecule has 8 heteroatoms. The average Bonchev–Trinajstić information content (AvgIpc) is 2.95. The van der Waals surface area contributed by atoms with Crippen molar-refractivity contribution in [2.24, 2.45) is 0 Å². The van der Waals surface area contributed by atoms with Crippen LogP contribution in [-0.2, 0) is 12.3 Å². The van der Waals surface area contributed by atoms with E-state index in [0.717, 1.165) is 28.3 Å². The Morgan fingerprint density at radius 1 is 1.47 bits per heavy atom. The molecule has 0 aliphatic rings. The first kappa shape index (κ1) is 14.8. The van der Waals surface area contributed by atoms with Gasteiger partial charge in [0.15, 0.2) is 0 Å². The van der Waals surface area contributed by atoms with Crippen molar-refractivity contribution in [3.63, 3.8) is 0 Å². The molecule has 5 nitrogen and oxygen atoms in total. The first-order chi connectivity index (χ1) is 9.15. The van der Waals surface area contributed by atoms with Crippen molar-refractivity contribution in [2.45, 2.75) is 37.3 Å². The minimum atomic E-state index is 0.473. The minimum Gasteiger partial charge on any atom is -0.313 e. The predicted molar refractivity (Wildman–Crippen MR) is 79.8 cm³/mol. The van der Waals surface area contributed by atoms with Crippen LogP contribution < -0.4 is 5.32 Å². The van der Waals surface area contributed by atoms with Crippen molar-refractivity contribution in [3.8, 4) is 0 Å². The van der Waals surface area contributed by atoms with Gasteiger partial charge >= 0.3 is 0 Å². The van der Waals surface area contributed by atoms with Crippen LogP contribution in [0.4, 0.5) is 0 Å². The smallest absolute Gasteiger partial charge is 0.209 e. The number of thioether (sulfide) groups is 1. The summed E-state index contributed by atoms with van der Waals surface area (Å²) in [6.07, 6.45) is 0. The highest BCUT2D eigenvalue weighted by Gasteiger charge is 2.08. The van der Waals surface area contributed by atoms with Crippen LogP contribution in [0.25, 0.3) is 0 Å². The van der Waals surface area contributed by atoms with E-state index in [-0.39, 0.29) is 0 Å².